The largest absolute Gasteiger partial charge is 0.374 e. The molecule has 0 radical (unpaired) electrons. The van der Waals surface area contributed by atoms with Crippen molar-refractivity contribution < 1.29 is 22.7 Å². The van der Waals surface area contributed by atoms with E-state index >= 15 is 0 Å². The number of sulfone groups is 1. The number of rotatable bonds is 9. The number of nitrogens with zero attached hydrogens (tertiary/aromatic N) is 3. The molecule has 0 N–H and O–H groups in total. The zero-order valence-corrected chi connectivity index (χ0v) is 20.2. The smallest absolute Gasteiger partial charge is 0.242 e. The Morgan fingerprint density at radius 3 is 2.58 bits per heavy atom. The summed E-state index contributed by atoms with van der Waals surface area (Å²) in [6.45, 7) is 2.60. The minimum Gasteiger partial charge on any atom is -0.374 e. The van der Waals surface area contributed by atoms with E-state index in [0.29, 0.717) is 45.1 Å². The van der Waals surface area contributed by atoms with E-state index in [2.05, 4.69) is 0 Å². The number of hydrogen-bond acceptors (Lipinski definition) is 6. The highest BCUT2D eigenvalue weighted by Gasteiger charge is 2.34. The fraction of sp³-hybridized carbons (Fsp3) is 0.667. The van der Waals surface area contributed by atoms with E-state index in [0.717, 1.165) is 5.56 Å². The number of amides is 2. The minimum absolute atomic E-state index is 0.0375. The van der Waals surface area contributed by atoms with E-state index in [-0.39, 0.29) is 48.4 Å². The molecular formula is C24H35N3O5S. The van der Waals surface area contributed by atoms with Crippen molar-refractivity contribution in [2.45, 2.75) is 44.4 Å². The topological polar surface area (TPSA) is 87.2 Å². The third-order valence-electron chi connectivity index (χ3n) is 6.87. The van der Waals surface area contributed by atoms with Crippen molar-refractivity contribution in [2.75, 3.05) is 51.3 Å². The third kappa shape index (κ3) is 7.01. The molecule has 0 aromatic heterocycles. The average molecular weight is 478 g/mol. The van der Waals surface area contributed by atoms with Crippen molar-refractivity contribution in [2.24, 2.45) is 5.92 Å². The molecule has 33 heavy (non-hydrogen) atoms. The highest BCUT2D eigenvalue weighted by molar-refractivity contribution is 7.91. The van der Waals surface area contributed by atoms with E-state index in [4.69, 9.17) is 4.74 Å². The van der Waals surface area contributed by atoms with Crippen LogP contribution in [0.25, 0.3) is 0 Å². The highest BCUT2D eigenvalue weighted by atomic mass is 32.2. The fourth-order valence-corrected chi connectivity index (χ4v) is 6.33. The molecule has 2 saturated heterocycles. The van der Waals surface area contributed by atoms with E-state index < -0.39 is 9.84 Å². The van der Waals surface area contributed by atoms with Gasteiger partial charge in [0.2, 0.25) is 11.8 Å². The average Bonchev–Trinajstić information content (AvgIpc) is 3.57. The lowest BCUT2D eigenvalue weighted by molar-refractivity contribution is -0.139. The van der Waals surface area contributed by atoms with Crippen LogP contribution in [0.1, 0.15) is 31.2 Å². The first-order valence-electron chi connectivity index (χ1n) is 11.9. The van der Waals surface area contributed by atoms with Gasteiger partial charge < -0.3 is 19.4 Å². The molecule has 2 unspecified atom stereocenters. The Balaban J connectivity index is 1.36. The summed E-state index contributed by atoms with van der Waals surface area (Å²) in [5.41, 5.74) is 1.06. The molecule has 1 aliphatic carbocycles. The zero-order valence-electron chi connectivity index (χ0n) is 19.4. The summed E-state index contributed by atoms with van der Waals surface area (Å²) in [6.07, 6.45) is 3.04. The van der Waals surface area contributed by atoms with Crippen LogP contribution >= 0.6 is 0 Å². The van der Waals surface area contributed by atoms with Gasteiger partial charge in [-0.3, -0.25) is 9.59 Å². The van der Waals surface area contributed by atoms with Crippen molar-refractivity contribution in [1.82, 2.24) is 14.7 Å². The van der Waals surface area contributed by atoms with Gasteiger partial charge in [0.15, 0.2) is 9.84 Å². The van der Waals surface area contributed by atoms with E-state index in [1.165, 1.54) is 12.8 Å². The molecule has 182 valence electrons. The Morgan fingerprint density at radius 2 is 1.91 bits per heavy atom. The van der Waals surface area contributed by atoms with Gasteiger partial charge in [-0.15, -0.1) is 0 Å². The normalized spacial score (nSPS) is 25.5. The molecule has 2 heterocycles. The van der Waals surface area contributed by atoms with Crippen LogP contribution in [0.15, 0.2) is 30.3 Å². The lowest BCUT2D eigenvalue weighted by Crippen LogP contribution is -2.42. The first kappa shape index (κ1) is 24.2. The van der Waals surface area contributed by atoms with Crippen LogP contribution in [0.5, 0.6) is 0 Å². The van der Waals surface area contributed by atoms with Crippen LogP contribution in [0.2, 0.25) is 0 Å². The molecule has 1 saturated carbocycles. The molecule has 3 fully saturated rings. The number of benzene rings is 1. The lowest BCUT2D eigenvalue weighted by atomic mass is 10.2. The van der Waals surface area contributed by atoms with Crippen LogP contribution in [-0.2, 0) is 30.7 Å². The van der Waals surface area contributed by atoms with E-state index in [9.17, 15) is 18.0 Å². The molecule has 1 aromatic rings. The van der Waals surface area contributed by atoms with Crippen LogP contribution in [-0.4, -0.2) is 98.4 Å². The summed E-state index contributed by atoms with van der Waals surface area (Å²) in [6, 6.07) is 9.83. The Morgan fingerprint density at radius 1 is 1.15 bits per heavy atom. The molecule has 4 rings (SSSR count). The van der Waals surface area contributed by atoms with Gasteiger partial charge in [0, 0.05) is 45.2 Å². The molecule has 3 aliphatic rings. The standard InChI is InChI=1S/C24H35N3O5S/c1-25(21-10-12-33(30,31)18-21)11-9-23(28)27-15-22(32-17-20-7-8-20)14-26(24(29)16-27)13-19-5-3-2-4-6-19/h2-6,20-22H,7-18H2,1H3. The van der Waals surface area contributed by atoms with Gasteiger partial charge in [-0.1, -0.05) is 30.3 Å². The number of hydrogen-bond donors (Lipinski definition) is 0. The van der Waals surface area contributed by atoms with Gasteiger partial charge in [-0.25, -0.2) is 8.42 Å². The molecule has 2 amide bonds. The summed E-state index contributed by atoms with van der Waals surface area (Å²) in [4.78, 5) is 31.5. The summed E-state index contributed by atoms with van der Waals surface area (Å²) < 4.78 is 29.7. The minimum atomic E-state index is -2.96. The molecule has 9 heteroatoms. The predicted octanol–water partition coefficient (Wildman–Crippen LogP) is 1.16. The summed E-state index contributed by atoms with van der Waals surface area (Å²) in [5.74, 6) is 0.823. The van der Waals surface area contributed by atoms with Gasteiger partial charge in [-0.05, 0) is 37.8 Å². The van der Waals surface area contributed by atoms with Crippen LogP contribution in [0.3, 0.4) is 0 Å². The maximum Gasteiger partial charge on any atom is 0.242 e. The Hall–Kier alpha value is -1.97. The van der Waals surface area contributed by atoms with Crippen LogP contribution < -0.4 is 0 Å². The second-order valence-electron chi connectivity index (χ2n) is 9.72. The van der Waals surface area contributed by atoms with E-state index in [1.807, 2.05) is 42.3 Å². The monoisotopic (exact) mass is 477 g/mol. The SMILES string of the molecule is CN(CCC(=O)N1CC(=O)N(Cc2ccccc2)CC(OCC2CC2)C1)C1CCS(=O)(=O)C1. The van der Waals surface area contributed by atoms with Gasteiger partial charge in [0.25, 0.3) is 0 Å². The summed E-state index contributed by atoms with van der Waals surface area (Å²) in [7, 11) is -1.09. The molecule has 0 bridgehead atoms. The Labute approximate surface area is 196 Å². The van der Waals surface area contributed by atoms with Crippen LogP contribution in [0, 0.1) is 5.92 Å². The molecule has 0 spiro atoms. The van der Waals surface area contributed by atoms with Gasteiger partial charge in [0.05, 0.1) is 24.2 Å². The third-order valence-corrected chi connectivity index (χ3v) is 8.62. The van der Waals surface area contributed by atoms with Crippen molar-refractivity contribution >= 4 is 21.7 Å². The molecule has 1 aromatic carbocycles. The number of ether oxygens (including phenoxy) is 1. The van der Waals surface area contributed by atoms with Crippen molar-refractivity contribution in [3.8, 4) is 0 Å². The quantitative estimate of drug-likeness (QED) is 0.531. The highest BCUT2D eigenvalue weighted by Crippen LogP contribution is 2.29. The number of carbonyl (C=O) groups is 2. The maximum absolute atomic E-state index is 13.1. The van der Waals surface area contributed by atoms with Crippen molar-refractivity contribution in [1.29, 1.82) is 0 Å². The van der Waals surface area contributed by atoms with Gasteiger partial charge >= 0.3 is 0 Å². The maximum atomic E-state index is 13.1. The first-order chi connectivity index (χ1) is 15.8. The summed E-state index contributed by atoms with van der Waals surface area (Å²) >= 11 is 0. The van der Waals surface area contributed by atoms with E-state index in [1.54, 1.807) is 9.80 Å². The van der Waals surface area contributed by atoms with Crippen LogP contribution in [0.4, 0.5) is 0 Å². The zero-order chi connectivity index (χ0) is 23.4. The molecule has 2 aliphatic heterocycles. The second kappa shape index (κ2) is 10.5. The second-order valence-corrected chi connectivity index (χ2v) is 11.9. The predicted molar refractivity (Wildman–Crippen MR) is 125 cm³/mol. The Bertz CT molecular complexity index is 935. The van der Waals surface area contributed by atoms with Crippen molar-refractivity contribution in [3.05, 3.63) is 35.9 Å². The lowest BCUT2D eigenvalue weighted by Gasteiger charge is -2.26. The fourth-order valence-electron chi connectivity index (χ4n) is 4.52. The molecule has 8 nitrogen and oxygen atoms in total. The Kier molecular flexibility index (Phi) is 7.71. The molecule has 2 atom stereocenters. The number of carbonyl (C=O) groups excluding carboxylic acids is 2. The molecular weight excluding hydrogens is 442 g/mol. The van der Waals surface area contributed by atoms with Gasteiger partial charge in [-0.2, -0.15) is 0 Å². The first-order valence-corrected chi connectivity index (χ1v) is 13.7. The summed E-state index contributed by atoms with van der Waals surface area (Å²) in [5, 5.41) is 0. The van der Waals surface area contributed by atoms with Gasteiger partial charge in [0.1, 0.15) is 0 Å². The van der Waals surface area contributed by atoms with Crippen molar-refractivity contribution in [3.63, 3.8) is 0 Å².